The second kappa shape index (κ2) is 10.5. The van der Waals surface area contributed by atoms with Gasteiger partial charge in [0.15, 0.2) is 5.11 Å². The Morgan fingerprint density at radius 1 is 1.10 bits per heavy atom. The summed E-state index contributed by atoms with van der Waals surface area (Å²) in [5, 5.41) is 3.84. The Kier molecular flexibility index (Phi) is 7.11. The van der Waals surface area contributed by atoms with Crippen LogP contribution in [0.5, 0.6) is 0 Å². The van der Waals surface area contributed by atoms with Crippen LogP contribution in [0.2, 0.25) is 0 Å². The van der Waals surface area contributed by atoms with Gasteiger partial charge < -0.3 is 19.4 Å². The van der Waals surface area contributed by atoms with Gasteiger partial charge in [-0.15, -0.1) is 0 Å². The minimum Gasteiger partial charge on any atom is -0.465 e. The van der Waals surface area contributed by atoms with Gasteiger partial charge in [0.1, 0.15) is 17.6 Å². The van der Waals surface area contributed by atoms with E-state index in [1.54, 1.807) is 36.5 Å². The van der Waals surface area contributed by atoms with Crippen LogP contribution in [0, 0.1) is 6.92 Å². The fraction of sp³-hybridized carbons (Fsp3) is 0.179. The lowest BCUT2D eigenvalue weighted by molar-refractivity contribution is 0.0601. The summed E-state index contributed by atoms with van der Waals surface area (Å²) in [5.41, 5.74) is 3.73. The molecule has 2 atom stereocenters. The number of rotatable bonds is 7. The fourth-order valence-corrected chi connectivity index (χ4v) is 5.65. The Labute approximate surface area is 231 Å². The summed E-state index contributed by atoms with van der Waals surface area (Å²) >= 11 is 5.78. The van der Waals surface area contributed by atoms with Gasteiger partial charge in [-0.3, -0.25) is 9.71 Å². The van der Waals surface area contributed by atoms with Crippen molar-refractivity contribution in [2.24, 2.45) is 0 Å². The molecule has 0 aliphatic carbocycles. The normalized spacial score (nSPS) is 17.1. The minimum absolute atomic E-state index is 0.345. The fourth-order valence-electron chi connectivity index (χ4n) is 4.68. The summed E-state index contributed by atoms with van der Waals surface area (Å²) in [4.78, 5) is 18.9. The number of aromatic nitrogens is 1. The molecule has 200 valence electrons. The van der Waals surface area contributed by atoms with Gasteiger partial charge in [0, 0.05) is 17.4 Å². The second-order valence-electron chi connectivity index (χ2n) is 9.11. The van der Waals surface area contributed by atoms with Crippen molar-refractivity contribution in [3.05, 3.63) is 102 Å². The number of benzene rings is 2. The number of nitrogens with zero attached hydrogens (tertiary/aromatic N) is 2. The largest absolute Gasteiger partial charge is 0.465 e. The smallest absolute Gasteiger partial charge is 0.338 e. The number of pyridine rings is 1. The van der Waals surface area contributed by atoms with E-state index in [1.165, 1.54) is 7.11 Å². The molecule has 11 heteroatoms. The Morgan fingerprint density at radius 2 is 1.87 bits per heavy atom. The lowest BCUT2D eigenvalue weighted by atomic mass is 10.0. The van der Waals surface area contributed by atoms with Gasteiger partial charge in [-0.2, -0.15) is 0 Å². The van der Waals surface area contributed by atoms with Crippen molar-refractivity contribution in [2.75, 3.05) is 23.0 Å². The van der Waals surface area contributed by atoms with Crippen molar-refractivity contribution in [2.45, 2.75) is 19.0 Å². The number of hydrogen-bond donors (Lipinski definition) is 2. The lowest BCUT2D eigenvalue weighted by Gasteiger charge is -2.27. The van der Waals surface area contributed by atoms with Crippen LogP contribution < -0.4 is 14.9 Å². The third-order valence-electron chi connectivity index (χ3n) is 6.40. The molecule has 1 aliphatic rings. The van der Waals surface area contributed by atoms with Crippen molar-refractivity contribution < 1.29 is 22.4 Å². The molecule has 39 heavy (non-hydrogen) atoms. The molecule has 9 nitrogen and oxygen atoms in total. The molecule has 0 radical (unpaired) electrons. The van der Waals surface area contributed by atoms with Gasteiger partial charge >= 0.3 is 5.97 Å². The summed E-state index contributed by atoms with van der Waals surface area (Å²) in [6.07, 6.45) is 2.83. The third kappa shape index (κ3) is 5.36. The first kappa shape index (κ1) is 26.4. The summed E-state index contributed by atoms with van der Waals surface area (Å²) in [5.74, 6) is 0.648. The first-order valence-electron chi connectivity index (χ1n) is 12.0. The average molecular weight is 563 g/mol. The van der Waals surface area contributed by atoms with Gasteiger partial charge in [0.05, 0.1) is 36.4 Å². The van der Waals surface area contributed by atoms with Crippen LogP contribution in [-0.4, -0.2) is 37.8 Å². The number of methoxy groups -OCH3 is 1. The maximum atomic E-state index is 12.4. The summed E-state index contributed by atoms with van der Waals surface area (Å²) in [6, 6.07) is 21.0. The molecule has 0 bridgehead atoms. The Balaban J connectivity index is 1.59. The number of esters is 1. The number of nitrogens with one attached hydrogen (secondary N) is 2. The number of sulfonamides is 1. The number of hydrogen-bond acceptors (Lipinski definition) is 7. The SMILES string of the molecule is COC(=O)c1ccccc1-c1ccc([C@H]2[C@@H](c3ccccn3)NC(=S)N2c2ccc(NS(C)(=O)=O)c(C)c2)o1. The highest BCUT2D eigenvalue weighted by Crippen LogP contribution is 2.43. The minimum atomic E-state index is -3.43. The van der Waals surface area contributed by atoms with Crippen molar-refractivity contribution in [3.63, 3.8) is 0 Å². The second-order valence-corrected chi connectivity index (χ2v) is 11.2. The number of aryl methyl sites for hydroxylation is 1. The van der Waals surface area contributed by atoms with Crippen LogP contribution >= 0.6 is 12.2 Å². The Morgan fingerprint density at radius 3 is 2.56 bits per heavy atom. The molecule has 2 aromatic heterocycles. The molecule has 4 aromatic rings. The zero-order valence-corrected chi connectivity index (χ0v) is 23.0. The van der Waals surface area contributed by atoms with Crippen LogP contribution in [0.15, 0.2) is 83.4 Å². The molecule has 0 spiro atoms. The first-order valence-corrected chi connectivity index (χ1v) is 14.3. The highest BCUT2D eigenvalue weighted by molar-refractivity contribution is 7.92. The lowest BCUT2D eigenvalue weighted by Crippen LogP contribution is -2.29. The first-order chi connectivity index (χ1) is 18.7. The predicted octanol–water partition coefficient (Wildman–Crippen LogP) is 4.99. The van der Waals surface area contributed by atoms with Crippen LogP contribution in [0.4, 0.5) is 11.4 Å². The van der Waals surface area contributed by atoms with Gasteiger partial charge in [-0.1, -0.05) is 24.3 Å². The van der Waals surface area contributed by atoms with Crippen molar-refractivity contribution in [3.8, 4) is 11.3 Å². The maximum Gasteiger partial charge on any atom is 0.338 e. The highest BCUT2D eigenvalue weighted by Gasteiger charge is 2.42. The van der Waals surface area contributed by atoms with E-state index < -0.39 is 22.0 Å². The number of thiocarbonyl (C=S) groups is 1. The zero-order chi connectivity index (χ0) is 27.7. The molecule has 0 unspecified atom stereocenters. The molecule has 1 aliphatic heterocycles. The molecule has 5 rings (SSSR count). The molecule has 0 saturated carbocycles. The van der Waals surface area contributed by atoms with E-state index in [0.29, 0.717) is 33.4 Å². The van der Waals surface area contributed by atoms with Gasteiger partial charge in [-0.25, -0.2) is 13.2 Å². The summed E-state index contributed by atoms with van der Waals surface area (Å²) < 4.78 is 37.5. The molecular weight excluding hydrogens is 536 g/mol. The molecule has 1 fully saturated rings. The van der Waals surface area contributed by atoms with Crippen molar-refractivity contribution >= 4 is 44.7 Å². The van der Waals surface area contributed by atoms with E-state index in [0.717, 1.165) is 23.2 Å². The van der Waals surface area contributed by atoms with Crippen molar-refractivity contribution in [1.29, 1.82) is 0 Å². The van der Waals surface area contributed by atoms with Crippen LogP contribution in [0.3, 0.4) is 0 Å². The quantitative estimate of drug-likeness (QED) is 0.238. The standard InChI is InChI=1S/C28H26N4O5S2/c1-17-16-18(11-12-21(17)31-39(3,34)35)32-26(25(30-28(32)38)22-10-6-7-15-29-22)24-14-13-23(37-24)19-8-4-5-9-20(19)27(33)36-2/h4-16,25-26,31H,1-3H3,(H,30,38)/t25-,26+/m1/s1. The van der Waals surface area contributed by atoms with Gasteiger partial charge in [0.2, 0.25) is 10.0 Å². The van der Waals surface area contributed by atoms with Crippen LogP contribution in [-0.2, 0) is 14.8 Å². The number of carbonyl (C=O) groups excluding carboxylic acids is 1. The average Bonchev–Trinajstić information content (AvgIpc) is 3.54. The maximum absolute atomic E-state index is 12.4. The number of anilines is 2. The van der Waals surface area contributed by atoms with E-state index in [2.05, 4.69) is 15.0 Å². The van der Waals surface area contributed by atoms with Gasteiger partial charge in [0.25, 0.3) is 0 Å². The molecule has 2 N–H and O–H groups in total. The van der Waals surface area contributed by atoms with E-state index >= 15 is 0 Å². The number of ether oxygens (including phenoxy) is 1. The predicted molar refractivity (Wildman–Crippen MR) is 153 cm³/mol. The third-order valence-corrected chi connectivity index (χ3v) is 7.30. The summed E-state index contributed by atoms with van der Waals surface area (Å²) in [6.45, 7) is 1.82. The summed E-state index contributed by atoms with van der Waals surface area (Å²) in [7, 11) is -2.09. The van der Waals surface area contributed by atoms with Crippen LogP contribution in [0.25, 0.3) is 11.3 Å². The van der Waals surface area contributed by atoms with E-state index in [9.17, 15) is 13.2 Å². The molecule has 0 amide bonds. The zero-order valence-electron chi connectivity index (χ0n) is 21.4. The van der Waals surface area contributed by atoms with Crippen LogP contribution in [0.1, 0.15) is 39.5 Å². The van der Waals surface area contributed by atoms with E-state index in [1.807, 2.05) is 54.3 Å². The van der Waals surface area contributed by atoms with E-state index in [4.69, 9.17) is 21.4 Å². The monoisotopic (exact) mass is 562 g/mol. The van der Waals surface area contributed by atoms with Crippen molar-refractivity contribution in [1.82, 2.24) is 10.3 Å². The highest BCUT2D eigenvalue weighted by atomic mass is 32.2. The van der Waals surface area contributed by atoms with E-state index in [-0.39, 0.29) is 6.04 Å². The molecule has 1 saturated heterocycles. The van der Waals surface area contributed by atoms with Gasteiger partial charge in [-0.05, 0) is 73.2 Å². The molecule has 2 aromatic carbocycles. The number of furan rings is 1. The Bertz CT molecular complexity index is 1650. The molecule has 3 heterocycles. The molecular formula is C28H26N4O5S2. The topological polar surface area (TPSA) is 114 Å². The number of carbonyl (C=O) groups is 1. The Hall–Kier alpha value is -4.22.